The van der Waals surface area contributed by atoms with Gasteiger partial charge < -0.3 is 5.11 Å². The normalized spacial score (nSPS) is 22.4. The molecular weight excluding hydrogens is 274 g/mol. The van der Waals surface area contributed by atoms with E-state index in [2.05, 4.69) is 4.90 Å². The van der Waals surface area contributed by atoms with Crippen molar-refractivity contribution in [3.8, 4) is 0 Å². The third-order valence-corrected chi connectivity index (χ3v) is 5.63. The van der Waals surface area contributed by atoms with Crippen molar-refractivity contribution in [3.05, 3.63) is 35.4 Å². The summed E-state index contributed by atoms with van der Waals surface area (Å²) in [4.78, 5) is 13.6. The number of likely N-dealkylation sites (tertiary alicyclic amines) is 1. The Bertz CT molecular complexity index is 520. The molecule has 1 N–H and O–H groups in total. The number of hydrogen-bond acceptors (Lipinski definition) is 2. The van der Waals surface area contributed by atoms with E-state index in [9.17, 15) is 4.79 Å². The lowest BCUT2D eigenvalue weighted by molar-refractivity contribution is 0.0696. The minimum atomic E-state index is -0.834. The summed E-state index contributed by atoms with van der Waals surface area (Å²) in [6, 6.07) is 7.40. The number of carbonyl (C=O) groups is 1. The van der Waals surface area contributed by atoms with Crippen LogP contribution in [-0.2, 0) is 6.54 Å². The van der Waals surface area contributed by atoms with Crippen molar-refractivity contribution in [2.45, 2.75) is 57.9 Å². The first-order valence-corrected chi connectivity index (χ1v) is 8.72. The zero-order chi connectivity index (χ0) is 15.4. The SMILES string of the molecule is O=C(O)c1cccc(CN2CCCC3(CCCCC3)CC2)c1. The summed E-state index contributed by atoms with van der Waals surface area (Å²) in [7, 11) is 0. The van der Waals surface area contributed by atoms with Crippen LogP contribution in [0, 0.1) is 5.41 Å². The van der Waals surface area contributed by atoms with E-state index >= 15 is 0 Å². The molecule has 2 fully saturated rings. The lowest BCUT2D eigenvalue weighted by atomic mass is 9.69. The molecule has 1 heterocycles. The van der Waals surface area contributed by atoms with Crippen LogP contribution in [-0.4, -0.2) is 29.1 Å². The number of aromatic carboxylic acids is 1. The van der Waals surface area contributed by atoms with E-state index in [1.165, 1.54) is 51.4 Å². The molecule has 1 aliphatic carbocycles. The second kappa shape index (κ2) is 6.82. The van der Waals surface area contributed by atoms with Crippen LogP contribution in [0.1, 0.15) is 67.3 Å². The monoisotopic (exact) mass is 301 g/mol. The van der Waals surface area contributed by atoms with E-state index in [-0.39, 0.29) is 0 Å². The number of carboxylic acid groups (broad SMARTS) is 1. The first kappa shape index (κ1) is 15.5. The summed E-state index contributed by atoms with van der Waals surface area (Å²) in [5.74, 6) is -0.834. The van der Waals surface area contributed by atoms with Crippen LogP contribution in [0.3, 0.4) is 0 Å². The van der Waals surface area contributed by atoms with Crippen molar-refractivity contribution in [1.82, 2.24) is 4.90 Å². The van der Waals surface area contributed by atoms with Crippen molar-refractivity contribution in [2.75, 3.05) is 13.1 Å². The maximum Gasteiger partial charge on any atom is 0.335 e. The Balaban J connectivity index is 1.61. The lowest BCUT2D eigenvalue weighted by Gasteiger charge is -2.36. The smallest absolute Gasteiger partial charge is 0.335 e. The Morgan fingerprint density at radius 3 is 2.59 bits per heavy atom. The highest BCUT2D eigenvalue weighted by molar-refractivity contribution is 5.87. The van der Waals surface area contributed by atoms with E-state index in [1.807, 2.05) is 18.2 Å². The van der Waals surface area contributed by atoms with Gasteiger partial charge in [-0.25, -0.2) is 4.79 Å². The molecule has 1 aromatic rings. The molecule has 1 saturated heterocycles. The Morgan fingerprint density at radius 1 is 1.05 bits per heavy atom. The van der Waals surface area contributed by atoms with Crippen molar-refractivity contribution >= 4 is 5.97 Å². The molecule has 3 rings (SSSR count). The van der Waals surface area contributed by atoms with E-state index in [0.29, 0.717) is 11.0 Å². The number of nitrogens with zero attached hydrogens (tertiary/aromatic N) is 1. The van der Waals surface area contributed by atoms with E-state index in [1.54, 1.807) is 6.07 Å². The number of carboxylic acids is 1. The van der Waals surface area contributed by atoms with Gasteiger partial charge in [0.2, 0.25) is 0 Å². The molecule has 0 bridgehead atoms. The summed E-state index contributed by atoms with van der Waals surface area (Å²) >= 11 is 0. The van der Waals surface area contributed by atoms with Crippen LogP contribution in [0.5, 0.6) is 0 Å². The molecule has 0 aromatic heterocycles. The van der Waals surface area contributed by atoms with Crippen molar-refractivity contribution in [3.63, 3.8) is 0 Å². The van der Waals surface area contributed by atoms with E-state index < -0.39 is 5.97 Å². The molecule has 3 heteroatoms. The first-order chi connectivity index (χ1) is 10.7. The Hall–Kier alpha value is -1.35. The van der Waals surface area contributed by atoms with Crippen molar-refractivity contribution in [2.24, 2.45) is 5.41 Å². The van der Waals surface area contributed by atoms with E-state index in [0.717, 1.165) is 25.2 Å². The van der Waals surface area contributed by atoms with Gasteiger partial charge >= 0.3 is 5.97 Å². The molecule has 1 aliphatic heterocycles. The molecule has 0 amide bonds. The van der Waals surface area contributed by atoms with Crippen molar-refractivity contribution < 1.29 is 9.90 Å². The van der Waals surface area contributed by atoms with Crippen LogP contribution in [0.25, 0.3) is 0 Å². The van der Waals surface area contributed by atoms with Gasteiger partial charge in [0.1, 0.15) is 0 Å². The summed E-state index contributed by atoms with van der Waals surface area (Å²) in [6.07, 6.45) is 11.1. The number of rotatable bonds is 3. The largest absolute Gasteiger partial charge is 0.478 e. The molecule has 1 spiro atoms. The highest BCUT2D eigenvalue weighted by atomic mass is 16.4. The molecule has 0 radical (unpaired) electrons. The predicted molar refractivity (Wildman–Crippen MR) is 88.0 cm³/mol. The van der Waals surface area contributed by atoms with Gasteiger partial charge in [0.05, 0.1) is 5.56 Å². The zero-order valence-corrected chi connectivity index (χ0v) is 13.4. The van der Waals surface area contributed by atoms with Gasteiger partial charge in [-0.3, -0.25) is 4.90 Å². The third kappa shape index (κ3) is 3.70. The minimum absolute atomic E-state index is 0.399. The summed E-state index contributed by atoms with van der Waals surface area (Å²) in [6.45, 7) is 3.20. The maximum absolute atomic E-state index is 11.1. The average molecular weight is 301 g/mol. The zero-order valence-electron chi connectivity index (χ0n) is 13.4. The molecule has 22 heavy (non-hydrogen) atoms. The molecule has 0 unspecified atom stereocenters. The quantitative estimate of drug-likeness (QED) is 0.904. The standard InChI is InChI=1S/C19H27NO2/c21-18(22)17-7-4-6-16(14-17)15-20-12-5-10-19(11-13-20)8-2-1-3-9-19/h4,6-7,14H,1-3,5,8-13,15H2,(H,21,22). The number of hydrogen-bond donors (Lipinski definition) is 1. The van der Waals surface area contributed by atoms with Gasteiger partial charge in [0.15, 0.2) is 0 Å². The van der Waals surface area contributed by atoms with Gasteiger partial charge in [-0.05, 0) is 68.3 Å². The van der Waals surface area contributed by atoms with Crippen molar-refractivity contribution in [1.29, 1.82) is 0 Å². The molecule has 2 aliphatic rings. The second-order valence-corrected chi connectivity index (χ2v) is 7.20. The molecule has 120 valence electrons. The Morgan fingerprint density at radius 2 is 1.82 bits per heavy atom. The van der Waals surface area contributed by atoms with Crippen LogP contribution in [0.15, 0.2) is 24.3 Å². The van der Waals surface area contributed by atoms with Gasteiger partial charge in [-0.2, -0.15) is 0 Å². The van der Waals surface area contributed by atoms with Crippen LogP contribution in [0.4, 0.5) is 0 Å². The molecule has 3 nitrogen and oxygen atoms in total. The summed E-state index contributed by atoms with van der Waals surface area (Å²) in [5.41, 5.74) is 2.14. The first-order valence-electron chi connectivity index (χ1n) is 8.72. The van der Waals surface area contributed by atoms with Gasteiger partial charge in [0, 0.05) is 6.54 Å². The van der Waals surface area contributed by atoms with Crippen LogP contribution < -0.4 is 0 Å². The highest BCUT2D eigenvalue weighted by Gasteiger charge is 2.33. The fraction of sp³-hybridized carbons (Fsp3) is 0.632. The molecule has 0 atom stereocenters. The highest BCUT2D eigenvalue weighted by Crippen LogP contribution is 2.44. The number of benzene rings is 1. The summed E-state index contributed by atoms with van der Waals surface area (Å²) < 4.78 is 0. The van der Waals surface area contributed by atoms with Gasteiger partial charge in [-0.1, -0.05) is 31.4 Å². The Kier molecular flexibility index (Phi) is 4.82. The maximum atomic E-state index is 11.1. The fourth-order valence-corrected chi connectivity index (χ4v) is 4.33. The van der Waals surface area contributed by atoms with Crippen LogP contribution >= 0.6 is 0 Å². The molecule has 1 aromatic carbocycles. The summed E-state index contributed by atoms with van der Waals surface area (Å²) in [5, 5.41) is 9.11. The second-order valence-electron chi connectivity index (χ2n) is 7.20. The third-order valence-electron chi connectivity index (χ3n) is 5.63. The Labute approximate surface area is 133 Å². The average Bonchev–Trinajstić information content (AvgIpc) is 2.71. The molecular formula is C19H27NO2. The van der Waals surface area contributed by atoms with Gasteiger partial charge in [0.25, 0.3) is 0 Å². The predicted octanol–water partition coefficient (Wildman–Crippen LogP) is 4.32. The van der Waals surface area contributed by atoms with E-state index in [4.69, 9.17) is 5.11 Å². The lowest BCUT2D eigenvalue weighted by Crippen LogP contribution is -2.28. The molecule has 1 saturated carbocycles. The minimum Gasteiger partial charge on any atom is -0.478 e. The fourth-order valence-electron chi connectivity index (χ4n) is 4.33. The topological polar surface area (TPSA) is 40.5 Å². The van der Waals surface area contributed by atoms with Crippen LogP contribution in [0.2, 0.25) is 0 Å². The van der Waals surface area contributed by atoms with Gasteiger partial charge in [-0.15, -0.1) is 0 Å².